The summed E-state index contributed by atoms with van der Waals surface area (Å²) in [5, 5.41) is 7.21. The van der Waals surface area contributed by atoms with Crippen molar-refractivity contribution in [3.05, 3.63) is 30.6 Å². The molecule has 1 amide bonds. The van der Waals surface area contributed by atoms with Crippen LogP contribution >= 0.6 is 0 Å². The number of ether oxygens (including phenoxy) is 1. The number of amides is 1. The van der Waals surface area contributed by atoms with Gasteiger partial charge in [-0.25, -0.2) is 4.98 Å². The van der Waals surface area contributed by atoms with Gasteiger partial charge < -0.3 is 10.1 Å². The molecule has 0 radical (unpaired) electrons. The summed E-state index contributed by atoms with van der Waals surface area (Å²) in [4.78, 5) is 16.5. The second kappa shape index (κ2) is 5.65. The van der Waals surface area contributed by atoms with Crippen molar-refractivity contribution in [3.63, 3.8) is 0 Å². The smallest absolute Gasteiger partial charge is 0.230 e. The molecular formula is C15H18N4O2. The number of aromatic nitrogens is 3. The van der Waals surface area contributed by atoms with Crippen molar-refractivity contribution in [3.8, 4) is 11.4 Å². The number of hydrogen-bond donors (Lipinski definition) is 1. The molecule has 1 aromatic heterocycles. The van der Waals surface area contributed by atoms with E-state index in [9.17, 15) is 4.79 Å². The first kappa shape index (κ1) is 13.8. The fourth-order valence-corrected chi connectivity index (χ4v) is 2.52. The predicted octanol–water partition coefficient (Wildman–Crippen LogP) is 1.85. The third-order valence-electron chi connectivity index (χ3n) is 3.70. The highest BCUT2D eigenvalue weighted by atomic mass is 16.5. The molecule has 0 bridgehead atoms. The van der Waals surface area contributed by atoms with Crippen LogP contribution in [0.1, 0.15) is 13.3 Å². The monoisotopic (exact) mass is 286 g/mol. The van der Waals surface area contributed by atoms with Gasteiger partial charge in [-0.2, -0.15) is 5.10 Å². The van der Waals surface area contributed by atoms with Crippen molar-refractivity contribution in [2.45, 2.75) is 19.4 Å². The summed E-state index contributed by atoms with van der Waals surface area (Å²) in [5.74, 6) is 0.568. The Hall–Kier alpha value is -2.21. The average molecular weight is 286 g/mol. The van der Waals surface area contributed by atoms with Crippen LogP contribution in [-0.2, 0) is 16.6 Å². The Kier molecular flexibility index (Phi) is 3.70. The van der Waals surface area contributed by atoms with Crippen LogP contribution in [0.4, 0.5) is 5.69 Å². The number of benzene rings is 1. The molecule has 0 saturated carbocycles. The fourth-order valence-electron chi connectivity index (χ4n) is 2.52. The SMILES string of the molecule is C[C@@H]1OCC[C@H]1C(=O)Nc1cccc(-c2ncn(C)n2)c1. The molecule has 2 aromatic rings. The Balaban J connectivity index is 1.76. The Morgan fingerprint density at radius 2 is 2.33 bits per heavy atom. The third-order valence-corrected chi connectivity index (χ3v) is 3.70. The van der Waals surface area contributed by atoms with Crippen molar-refractivity contribution in [2.75, 3.05) is 11.9 Å². The Morgan fingerprint density at radius 3 is 3.00 bits per heavy atom. The van der Waals surface area contributed by atoms with Gasteiger partial charge in [-0.05, 0) is 25.5 Å². The second-order valence-electron chi connectivity index (χ2n) is 5.28. The van der Waals surface area contributed by atoms with E-state index in [4.69, 9.17) is 4.74 Å². The Labute approximate surface area is 123 Å². The quantitative estimate of drug-likeness (QED) is 0.935. The third kappa shape index (κ3) is 2.95. The number of anilines is 1. The Morgan fingerprint density at radius 1 is 1.48 bits per heavy atom. The van der Waals surface area contributed by atoms with Gasteiger partial charge in [-0.15, -0.1) is 0 Å². The summed E-state index contributed by atoms with van der Waals surface area (Å²) >= 11 is 0. The fraction of sp³-hybridized carbons (Fsp3) is 0.400. The zero-order chi connectivity index (χ0) is 14.8. The molecule has 1 N–H and O–H groups in total. The lowest BCUT2D eigenvalue weighted by molar-refractivity contribution is -0.121. The lowest BCUT2D eigenvalue weighted by Gasteiger charge is -2.14. The molecule has 1 fully saturated rings. The first-order valence-corrected chi connectivity index (χ1v) is 7.02. The first-order valence-electron chi connectivity index (χ1n) is 7.02. The van der Waals surface area contributed by atoms with Crippen LogP contribution < -0.4 is 5.32 Å². The molecular weight excluding hydrogens is 268 g/mol. The number of hydrogen-bond acceptors (Lipinski definition) is 4. The van der Waals surface area contributed by atoms with Crippen LogP contribution in [0.5, 0.6) is 0 Å². The molecule has 6 nitrogen and oxygen atoms in total. The summed E-state index contributed by atoms with van der Waals surface area (Å²) in [5.41, 5.74) is 1.63. The van der Waals surface area contributed by atoms with Crippen LogP contribution in [0.2, 0.25) is 0 Å². The van der Waals surface area contributed by atoms with Crippen molar-refractivity contribution in [1.82, 2.24) is 14.8 Å². The van der Waals surface area contributed by atoms with E-state index in [1.54, 1.807) is 11.0 Å². The summed E-state index contributed by atoms with van der Waals surface area (Å²) < 4.78 is 7.09. The van der Waals surface area contributed by atoms with Crippen molar-refractivity contribution in [1.29, 1.82) is 0 Å². The minimum Gasteiger partial charge on any atom is -0.378 e. The molecule has 110 valence electrons. The van der Waals surface area contributed by atoms with E-state index < -0.39 is 0 Å². The number of nitrogens with zero attached hydrogens (tertiary/aromatic N) is 3. The molecule has 3 rings (SSSR count). The highest BCUT2D eigenvalue weighted by Crippen LogP contribution is 2.24. The number of carbonyl (C=O) groups is 1. The van der Waals surface area contributed by atoms with Crippen LogP contribution in [0.25, 0.3) is 11.4 Å². The van der Waals surface area contributed by atoms with E-state index in [0.717, 1.165) is 17.7 Å². The van der Waals surface area contributed by atoms with Gasteiger partial charge in [0.15, 0.2) is 5.82 Å². The topological polar surface area (TPSA) is 69.0 Å². The van der Waals surface area contributed by atoms with Crippen LogP contribution in [-0.4, -0.2) is 33.4 Å². The molecule has 0 aliphatic carbocycles. The Bertz CT molecular complexity index is 653. The maximum atomic E-state index is 12.3. The highest BCUT2D eigenvalue weighted by Gasteiger charge is 2.30. The molecule has 0 unspecified atom stereocenters. The largest absolute Gasteiger partial charge is 0.378 e. The van der Waals surface area contributed by atoms with Crippen LogP contribution in [0, 0.1) is 5.92 Å². The molecule has 1 aliphatic heterocycles. The summed E-state index contributed by atoms with van der Waals surface area (Å²) in [6.07, 6.45) is 2.40. The van der Waals surface area contributed by atoms with Crippen LogP contribution in [0.3, 0.4) is 0 Å². The lowest BCUT2D eigenvalue weighted by Crippen LogP contribution is -2.27. The maximum Gasteiger partial charge on any atom is 0.230 e. The van der Waals surface area contributed by atoms with Gasteiger partial charge in [0.1, 0.15) is 6.33 Å². The number of rotatable bonds is 3. The van der Waals surface area contributed by atoms with E-state index in [-0.39, 0.29) is 17.9 Å². The zero-order valence-electron chi connectivity index (χ0n) is 12.1. The van der Waals surface area contributed by atoms with Gasteiger partial charge >= 0.3 is 0 Å². The molecule has 2 atom stereocenters. The van der Waals surface area contributed by atoms with Gasteiger partial charge in [-0.3, -0.25) is 9.48 Å². The number of aryl methyl sites for hydroxylation is 1. The standard InChI is InChI=1S/C15H18N4O2/c1-10-13(6-7-21-10)15(20)17-12-5-3-4-11(8-12)14-16-9-19(2)18-14/h3-5,8-10,13H,6-7H2,1-2H3,(H,17,20)/t10-,13+/m0/s1. The minimum atomic E-state index is -0.0818. The first-order chi connectivity index (χ1) is 10.1. The number of carbonyl (C=O) groups excluding carboxylic acids is 1. The molecule has 0 spiro atoms. The maximum absolute atomic E-state index is 12.3. The van der Waals surface area contributed by atoms with E-state index in [1.165, 1.54) is 0 Å². The molecule has 1 aromatic carbocycles. The van der Waals surface area contributed by atoms with Crippen molar-refractivity contribution < 1.29 is 9.53 Å². The minimum absolute atomic E-state index is 0.00568. The number of nitrogens with one attached hydrogen (secondary N) is 1. The lowest BCUT2D eigenvalue weighted by atomic mass is 10.0. The van der Waals surface area contributed by atoms with Crippen molar-refractivity contribution >= 4 is 11.6 Å². The molecule has 1 saturated heterocycles. The summed E-state index contributed by atoms with van der Waals surface area (Å²) in [6.45, 7) is 2.59. The predicted molar refractivity (Wildman–Crippen MR) is 78.6 cm³/mol. The van der Waals surface area contributed by atoms with E-state index in [1.807, 2.05) is 38.2 Å². The van der Waals surface area contributed by atoms with E-state index >= 15 is 0 Å². The molecule has 2 heterocycles. The van der Waals surface area contributed by atoms with Gasteiger partial charge in [0.05, 0.1) is 12.0 Å². The van der Waals surface area contributed by atoms with Gasteiger partial charge in [-0.1, -0.05) is 12.1 Å². The second-order valence-corrected chi connectivity index (χ2v) is 5.28. The summed E-state index contributed by atoms with van der Waals surface area (Å²) in [6, 6.07) is 7.56. The zero-order valence-corrected chi connectivity index (χ0v) is 12.1. The molecule has 21 heavy (non-hydrogen) atoms. The molecule has 1 aliphatic rings. The van der Waals surface area contributed by atoms with Gasteiger partial charge in [0.25, 0.3) is 0 Å². The van der Waals surface area contributed by atoms with Gasteiger partial charge in [0, 0.05) is 24.9 Å². The van der Waals surface area contributed by atoms with Crippen molar-refractivity contribution in [2.24, 2.45) is 13.0 Å². The molecule has 6 heteroatoms. The summed E-state index contributed by atoms with van der Waals surface area (Å²) in [7, 11) is 1.82. The van der Waals surface area contributed by atoms with E-state index in [0.29, 0.717) is 12.4 Å². The van der Waals surface area contributed by atoms with Gasteiger partial charge in [0.2, 0.25) is 5.91 Å². The normalized spacial score (nSPS) is 21.4. The van der Waals surface area contributed by atoms with E-state index in [2.05, 4.69) is 15.4 Å². The highest BCUT2D eigenvalue weighted by molar-refractivity contribution is 5.93. The average Bonchev–Trinajstić information content (AvgIpc) is 3.08. The van der Waals surface area contributed by atoms with Crippen LogP contribution in [0.15, 0.2) is 30.6 Å².